The fourth-order valence-electron chi connectivity index (χ4n) is 7.28. The maximum atomic E-state index is 13.9. The second-order valence-corrected chi connectivity index (χ2v) is 13.5. The van der Waals surface area contributed by atoms with Crippen molar-refractivity contribution in [2.75, 3.05) is 11.5 Å². The molecule has 2 fully saturated rings. The topological polar surface area (TPSA) is 120 Å². The fraction of sp³-hybridized carbons (Fsp3) is 0.279. The summed E-state index contributed by atoms with van der Waals surface area (Å²) >= 11 is 0. The van der Waals surface area contributed by atoms with Gasteiger partial charge in [0, 0.05) is 17.7 Å². The molecule has 8 nitrogen and oxygen atoms in total. The first-order valence-corrected chi connectivity index (χ1v) is 17.7. The first-order valence-electron chi connectivity index (χ1n) is 17.7. The largest absolute Gasteiger partial charge is 0.489 e. The van der Waals surface area contributed by atoms with Crippen molar-refractivity contribution in [1.82, 2.24) is 0 Å². The number of aliphatic hydroxyl groups excluding tert-OH is 4. The van der Waals surface area contributed by atoms with E-state index in [0.717, 1.165) is 33.5 Å². The third-order valence-electron chi connectivity index (χ3n) is 10.2. The van der Waals surface area contributed by atoms with Crippen molar-refractivity contribution in [3.8, 4) is 16.9 Å². The van der Waals surface area contributed by atoms with Crippen molar-refractivity contribution >= 4 is 11.6 Å². The number of amides is 1. The molecule has 2 heterocycles. The highest BCUT2D eigenvalue weighted by molar-refractivity contribution is 6.03. The Labute approximate surface area is 302 Å². The lowest BCUT2D eigenvalue weighted by atomic mass is 9.77. The number of anilines is 1. The van der Waals surface area contributed by atoms with Crippen molar-refractivity contribution in [3.63, 3.8) is 0 Å². The minimum atomic E-state index is -1.14. The molecule has 0 bridgehead atoms. The van der Waals surface area contributed by atoms with Gasteiger partial charge in [0.15, 0.2) is 0 Å². The summed E-state index contributed by atoms with van der Waals surface area (Å²) in [6.07, 6.45) is -3.38. The van der Waals surface area contributed by atoms with Crippen LogP contribution in [0.4, 0.5) is 10.1 Å². The first kappa shape index (κ1) is 35.5. The second-order valence-electron chi connectivity index (χ2n) is 13.5. The van der Waals surface area contributed by atoms with Gasteiger partial charge in [-0.25, -0.2) is 4.39 Å². The number of rotatable bonds is 12. The molecule has 4 N–H and O–H groups in total. The molecule has 5 aromatic carbocycles. The maximum Gasteiger partial charge on any atom is 0.233 e. The normalized spacial score (nSPS) is 23.6. The van der Waals surface area contributed by atoms with E-state index in [1.54, 1.807) is 17.0 Å². The molecule has 0 spiro atoms. The Hall–Kier alpha value is -4.90. The van der Waals surface area contributed by atoms with Gasteiger partial charge in [-0.2, -0.15) is 0 Å². The summed E-state index contributed by atoms with van der Waals surface area (Å²) < 4.78 is 26.0. The van der Waals surface area contributed by atoms with Gasteiger partial charge < -0.3 is 34.8 Å². The number of ether oxygens (including phenoxy) is 2. The van der Waals surface area contributed by atoms with Gasteiger partial charge in [0.1, 0.15) is 30.4 Å². The highest BCUT2D eigenvalue weighted by Crippen LogP contribution is 2.49. The van der Waals surface area contributed by atoms with Crippen LogP contribution >= 0.6 is 0 Å². The number of aliphatic hydroxyl groups is 4. The summed E-state index contributed by atoms with van der Waals surface area (Å²) in [5, 5.41) is 41.1. The van der Waals surface area contributed by atoms with E-state index in [1.807, 2.05) is 103 Å². The van der Waals surface area contributed by atoms with Crippen LogP contribution in [0.3, 0.4) is 0 Å². The Morgan fingerprint density at radius 3 is 2.21 bits per heavy atom. The van der Waals surface area contributed by atoms with E-state index >= 15 is 0 Å². The van der Waals surface area contributed by atoms with E-state index in [0.29, 0.717) is 30.8 Å². The Bertz CT molecular complexity index is 1940. The zero-order chi connectivity index (χ0) is 36.2. The first-order chi connectivity index (χ1) is 25.3. The van der Waals surface area contributed by atoms with Crippen LogP contribution in [0.2, 0.25) is 0 Å². The summed E-state index contributed by atoms with van der Waals surface area (Å²) in [5.41, 5.74) is 5.84. The van der Waals surface area contributed by atoms with Crippen LogP contribution in [0.25, 0.3) is 11.1 Å². The minimum Gasteiger partial charge on any atom is -0.489 e. The van der Waals surface area contributed by atoms with Crippen molar-refractivity contribution in [2.24, 2.45) is 5.92 Å². The quantitative estimate of drug-likeness (QED) is 0.105. The van der Waals surface area contributed by atoms with Crippen molar-refractivity contribution < 1.29 is 39.1 Å². The van der Waals surface area contributed by atoms with Crippen LogP contribution < -0.4 is 9.64 Å². The molecule has 0 saturated carbocycles. The minimum absolute atomic E-state index is 0.0396. The molecule has 5 aromatic rings. The van der Waals surface area contributed by atoms with E-state index in [1.165, 1.54) is 12.1 Å². The summed E-state index contributed by atoms with van der Waals surface area (Å²) in [7, 11) is 0. The zero-order valence-corrected chi connectivity index (χ0v) is 28.5. The fourth-order valence-corrected chi connectivity index (χ4v) is 7.28. The van der Waals surface area contributed by atoms with Gasteiger partial charge >= 0.3 is 0 Å². The van der Waals surface area contributed by atoms with Crippen molar-refractivity contribution in [3.05, 3.63) is 155 Å². The molecule has 2 aliphatic rings. The predicted octanol–water partition coefficient (Wildman–Crippen LogP) is 6.83. The predicted molar refractivity (Wildman–Crippen MR) is 195 cm³/mol. The molecule has 0 unspecified atom stereocenters. The van der Waals surface area contributed by atoms with Gasteiger partial charge in [0.05, 0.1) is 36.9 Å². The highest BCUT2D eigenvalue weighted by Gasteiger charge is 2.49. The van der Waals surface area contributed by atoms with Gasteiger partial charge in [-0.3, -0.25) is 4.79 Å². The SMILES string of the molecule is O=C1[C@H](CC[C@H](O)c2ccc(F)cc2)[C@@H](c2ccc(-c3ccc([C@H]4C[C@@H](O)[C@H](O)[C@@H](CO)O4)cc3)cc2OCc2ccccc2)N1c1ccccc1. The van der Waals surface area contributed by atoms with E-state index in [9.17, 15) is 29.6 Å². The molecule has 2 aliphatic heterocycles. The maximum absolute atomic E-state index is 13.9. The Morgan fingerprint density at radius 2 is 1.52 bits per heavy atom. The molecule has 9 heteroatoms. The molecule has 52 heavy (non-hydrogen) atoms. The van der Waals surface area contributed by atoms with Crippen LogP contribution in [-0.4, -0.2) is 51.3 Å². The summed E-state index contributed by atoms with van der Waals surface area (Å²) in [4.78, 5) is 15.7. The molecule has 0 aliphatic carbocycles. The van der Waals surface area contributed by atoms with Gasteiger partial charge in [-0.1, -0.05) is 97.1 Å². The van der Waals surface area contributed by atoms with Gasteiger partial charge in [-0.15, -0.1) is 0 Å². The monoisotopic (exact) mass is 703 g/mol. The van der Waals surface area contributed by atoms with Crippen LogP contribution in [-0.2, 0) is 16.1 Å². The average molecular weight is 704 g/mol. The number of hydrogen-bond acceptors (Lipinski definition) is 7. The standard InChI is InChI=1S/C43H42FNO7/c44-32-18-15-29(16-19-32)36(47)22-21-35-41(45(43(35)50)33-9-5-2-6-10-33)34-20-17-31(23-39(34)51-26-27-7-3-1-4-8-27)28-11-13-30(14-12-28)38-24-37(48)42(49)40(25-46)52-38/h1-20,23,35-38,40-42,46-49H,21-22,24-26H2/t35-,36+,37-,38-,40-,41-,42+/m1/s1. The van der Waals surface area contributed by atoms with Gasteiger partial charge in [0.25, 0.3) is 0 Å². The van der Waals surface area contributed by atoms with Crippen LogP contribution in [0, 0.1) is 11.7 Å². The molecule has 0 aromatic heterocycles. The number of halogens is 1. The third kappa shape index (κ3) is 7.51. The molecule has 7 rings (SSSR count). The molecule has 1 amide bonds. The van der Waals surface area contributed by atoms with Gasteiger partial charge in [0.2, 0.25) is 5.91 Å². The number of hydrogen-bond donors (Lipinski definition) is 4. The molecule has 7 atom stereocenters. The highest BCUT2D eigenvalue weighted by atomic mass is 19.1. The van der Waals surface area contributed by atoms with Crippen LogP contribution in [0.1, 0.15) is 59.8 Å². The molecular formula is C43H42FNO7. The second kappa shape index (κ2) is 15.8. The summed E-state index contributed by atoms with van der Waals surface area (Å²) in [6, 6.07) is 38.6. The smallest absolute Gasteiger partial charge is 0.233 e. The lowest BCUT2D eigenvalue weighted by Gasteiger charge is -2.48. The van der Waals surface area contributed by atoms with Crippen molar-refractivity contribution in [2.45, 2.75) is 62.4 Å². The summed E-state index contributed by atoms with van der Waals surface area (Å²) in [6.45, 7) is -0.0791. The average Bonchev–Trinajstić information content (AvgIpc) is 3.18. The Morgan fingerprint density at radius 1 is 0.846 bits per heavy atom. The van der Waals surface area contributed by atoms with E-state index in [4.69, 9.17) is 9.47 Å². The number of para-hydroxylation sites is 1. The van der Waals surface area contributed by atoms with Crippen LogP contribution in [0.5, 0.6) is 5.75 Å². The van der Waals surface area contributed by atoms with E-state index in [-0.39, 0.29) is 24.2 Å². The molecule has 268 valence electrons. The molecular weight excluding hydrogens is 661 g/mol. The summed E-state index contributed by atoms with van der Waals surface area (Å²) in [5.74, 6) is -0.207. The number of benzene rings is 5. The number of carbonyl (C=O) groups is 1. The van der Waals surface area contributed by atoms with Gasteiger partial charge in [-0.05, 0) is 71.0 Å². The zero-order valence-electron chi connectivity index (χ0n) is 28.5. The molecule has 2 saturated heterocycles. The van der Waals surface area contributed by atoms with Crippen LogP contribution in [0.15, 0.2) is 127 Å². The Balaban J connectivity index is 1.20. The Kier molecular flexibility index (Phi) is 10.8. The number of nitrogens with zero attached hydrogens (tertiary/aromatic N) is 1. The third-order valence-corrected chi connectivity index (χ3v) is 10.2. The van der Waals surface area contributed by atoms with Crippen molar-refractivity contribution in [1.29, 1.82) is 0 Å². The van der Waals surface area contributed by atoms with E-state index in [2.05, 4.69) is 0 Å². The number of carbonyl (C=O) groups excluding carboxylic acids is 1. The lowest BCUT2D eigenvalue weighted by molar-refractivity contribution is -0.181. The lowest BCUT2D eigenvalue weighted by Crippen LogP contribution is -2.55. The van der Waals surface area contributed by atoms with E-state index < -0.39 is 43.0 Å². The number of β-lactam (4-membered cyclic amide) rings is 1. The molecule has 0 radical (unpaired) electrons.